The van der Waals surface area contributed by atoms with Crippen molar-refractivity contribution in [1.29, 1.82) is 0 Å². The molecule has 0 bridgehead atoms. The zero-order valence-electron chi connectivity index (χ0n) is 11.2. The first-order valence-corrected chi connectivity index (χ1v) is 6.15. The lowest BCUT2D eigenvalue weighted by Crippen LogP contribution is -2.26. The Balaban J connectivity index is 2.16. The molecule has 1 amide bonds. The van der Waals surface area contributed by atoms with Crippen LogP contribution in [0.3, 0.4) is 0 Å². The van der Waals surface area contributed by atoms with Gasteiger partial charge in [-0.25, -0.2) is 0 Å². The van der Waals surface area contributed by atoms with E-state index >= 15 is 0 Å². The van der Waals surface area contributed by atoms with Gasteiger partial charge in [0.2, 0.25) is 0 Å². The first kappa shape index (κ1) is 13.7. The van der Waals surface area contributed by atoms with Crippen LogP contribution in [0.5, 0.6) is 5.75 Å². The van der Waals surface area contributed by atoms with Crippen molar-refractivity contribution < 1.29 is 9.90 Å². The van der Waals surface area contributed by atoms with Crippen molar-refractivity contribution in [2.75, 3.05) is 18.5 Å². The molecule has 0 aliphatic carbocycles. The van der Waals surface area contributed by atoms with Gasteiger partial charge in [-0.2, -0.15) is 0 Å². The molecule has 0 heterocycles. The number of benzene rings is 2. The summed E-state index contributed by atoms with van der Waals surface area (Å²) in [5, 5.41) is 9.42. The van der Waals surface area contributed by atoms with Gasteiger partial charge < -0.3 is 21.5 Å². The van der Waals surface area contributed by atoms with Gasteiger partial charge in [-0.15, -0.1) is 0 Å². The van der Waals surface area contributed by atoms with Crippen LogP contribution in [0.4, 0.5) is 11.4 Å². The van der Waals surface area contributed by atoms with E-state index in [1.54, 1.807) is 48.3 Å². The predicted octanol–water partition coefficient (Wildman–Crippen LogP) is 1.83. The molecule has 2 aromatic rings. The van der Waals surface area contributed by atoms with E-state index in [0.717, 1.165) is 5.56 Å². The first-order chi connectivity index (χ1) is 9.45. The summed E-state index contributed by atoms with van der Waals surface area (Å²) in [4.78, 5) is 13.8. The van der Waals surface area contributed by atoms with Crippen LogP contribution in [0.2, 0.25) is 0 Å². The van der Waals surface area contributed by atoms with E-state index < -0.39 is 0 Å². The van der Waals surface area contributed by atoms with E-state index in [2.05, 4.69) is 0 Å². The number of phenolic OH excluding ortho intramolecular Hbond substituents is 1. The molecule has 2 aromatic carbocycles. The minimum absolute atomic E-state index is 0.174. The fourth-order valence-corrected chi connectivity index (χ4v) is 2.02. The Kier molecular flexibility index (Phi) is 3.79. The molecular weight excluding hydrogens is 254 g/mol. The SMILES string of the molecule is CN(Cc1cccc(O)c1)C(=O)c1cc(N)cc(N)c1. The summed E-state index contributed by atoms with van der Waals surface area (Å²) in [6.07, 6.45) is 0. The van der Waals surface area contributed by atoms with E-state index in [4.69, 9.17) is 11.5 Å². The van der Waals surface area contributed by atoms with Crippen LogP contribution in [0.25, 0.3) is 0 Å². The van der Waals surface area contributed by atoms with E-state index in [-0.39, 0.29) is 11.7 Å². The molecular formula is C15H17N3O2. The summed E-state index contributed by atoms with van der Waals surface area (Å²) < 4.78 is 0. The number of anilines is 2. The molecule has 20 heavy (non-hydrogen) atoms. The Morgan fingerprint density at radius 1 is 1.15 bits per heavy atom. The third-order valence-corrected chi connectivity index (χ3v) is 2.90. The quantitative estimate of drug-likeness (QED) is 0.742. The lowest BCUT2D eigenvalue weighted by Gasteiger charge is -2.18. The molecule has 2 rings (SSSR count). The Labute approximate surface area is 117 Å². The number of rotatable bonds is 3. The van der Waals surface area contributed by atoms with Crippen molar-refractivity contribution in [2.24, 2.45) is 0 Å². The summed E-state index contributed by atoms with van der Waals surface area (Å²) >= 11 is 0. The molecule has 0 aliphatic heterocycles. The molecule has 0 unspecified atom stereocenters. The third-order valence-electron chi connectivity index (χ3n) is 2.90. The molecule has 0 atom stereocenters. The molecule has 5 heteroatoms. The maximum absolute atomic E-state index is 12.3. The number of hydrogen-bond acceptors (Lipinski definition) is 4. The predicted molar refractivity (Wildman–Crippen MR) is 79.2 cm³/mol. The Morgan fingerprint density at radius 3 is 2.40 bits per heavy atom. The summed E-state index contributed by atoms with van der Waals surface area (Å²) in [7, 11) is 1.69. The number of phenols is 1. The molecule has 0 radical (unpaired) electrons. The van der Waals surface area contributed by atoms with Crippen LogP contribution in [0.1, 0.15) is 15.9 Å². The second-order valence-electron chi connectivity index (χ2n) is 4.72. The number of nitrogens with two attached hydrogens (primary N) is 2. The molecule has 104 valence electrons. The number of aromatic hydroxyl groups is 1. The number of nitrogen functional groups attached to an aromatic ring is 2. The molecule has 0 spiro atoms. The number of hydrogen-bond donors (Lipinski definition) is 3. The van der Waals surface area contributed by atoms with Gasteiger partial charge in [0.15, 0.2) is 0 Å². The number of amides is 1. The Morgan fingerprint density at radius 2 is 1.80 bits per heavy atom. The van der Waals surface area contributed by atoms with Gasteiger partial charge in [0.1, 0.15) is 5.75 Å². The normalized spacial score (nSPS) is 10.2. The van der Waals surface area contributed by atoms with Gasteiger partial charge in [0, 0.05) is 30.5 Å². The summed E-state index contributed by atoms with van der Waals surface area (Å²) in [5.74, 6) is 0.00360. The van der Waals surface area contributed by atoms with Crippen LogP contribution in [-0.2, 0) is 6.54 Å². The van der Waals surface area contributed by atoms with Crippen LogP contribution in [0.15, 0.2) is 42.5 Å². The lowest BCUT2D eigenvalue weighted by molar-refractivity contribution is 0.0785. The summed E-state index contributed by atoms with van der Waals surface area (Å²) in [6.45, 7) is 0.391. The summed E-state index contributed by atoms with van der Waals surface area (Å²) in [6, 6.07) is 11.6. The highest BCUT2D eigenvalue weighted by atomic mass is 16.3. The van der Waals surface area contributed by atoms with E-state index in [1.807, 2.05) is 6.07 Å². The van der Waals surface area contributed by atoms with Gasteiger partial charge in [0.25, 0.3) is 5.91 Å². The summed E-state index contributed by atoms with van der Waals surface area (Å²) in [5.41, 5.74) is 13.6. The molecule has 0 aromatic heterocycles. The van der Waals surface area contributed by atoms with Gasteiger partial charge in [-0.1, -0.05) is 12.1 Å². The second-order valence-corrected chi connectivity index (χ2v) is 4.72. The molecule has 0 fully saturated rings. The van der Waals surface area contributed by atoms with Crippen molar-refractivity contribution in [3.05, 3.63) is 53.6 Å². The largest absolute Gasteiger partial charge is 0.508 e. The van der Waals surface area contributed by atoms with Crippen molar-refractivity contribution in [3.63, 3.8) is 0 Å². The average Bonchev–Trinajstić information content (AvgIpc) is 2.36. The number of carbonyl (C=O) groups is 1. The minimum Gasteiger partial charge on any atom is -0.508 e. The van der Waals surface area contributed by atoms with Crippen LogP contribution in [-0.4, -0.2) is 23.0 Å². The minimum atomic E-state index is -0.174. The maximum Gasteiger partial charge on any atom is 0.254 e. The van der Waals surface area contributed by atoms with Gasteiger partial charge in [-0.3, -0.25) is 4.79 Å². The Hall–Kier alpha value is -2.69. The highest BCUT2D eigenvalue weighted by Crippen LogP contribution is 2.17. The fraction of sp³-hybridized carbons (Fsp3) is 0.133. The van der Waals surface area contributed by atoms with E-state index in [9.17, 15) is 9.90 Å². The smallest absolute Gasteiger partial charge is 0.254 e. The van der Waals surface area contributed by atoms with Crippen LogP contribution in [0, 0.1) is 0 Å². The standard InChI is InChI=1S/C15H17N3O2/c1-18(9-10-3-2-4-14(19)5-10)15(20)11-6-12(16)8-13(17)7-11/h2-8,19H,9,16-17H2,1H3. The van der Waals surface area contributed by atoms with Crippen molar-refractivity contribution in [2.45, 2.75) is 6.54 Å². The lowest BCUT2D eigenvalue weighted by atomic mass is 10.1. The fourth-order valence-electron chi connectivity index (χ4n) is 2.02. The molecule has 0 saturated heterocycles. The van der Waals surface area contributed by atoms with E-state index in [1.165, 1.54) is 0 Å². The molecule has 0 saturated carbocycles. The van der Waals surface area contributed by atoms with Crippen molar-refractivity contribution in [1.82, 2.24) is 4.90 Å². The average molecular weight is 271 g/mol. The molecule has 0 aliphatic rings. The second kappa shape index (κ2) is 5.52. The van der Waals surface area contributed by atoms with E-state index in [0.29, 0.717) is 23.5 Å². The zero-order chi connectivity index (χ0) is 14.7. The monoisotopic (exact) mass is 271 g/mol. The van der Waals surface area contributed by atoms with Crippen molar-refractivity contribution in [3.8, 4) is 5.75 Å². The van der Waals surface area contributed by atoms with Crippen LogP contribution < -0.4 is 11.5 Å². The highest BCUT2D eigenvalue weighted by molar-refractivity contribution is 5.95. The number of carbonyl (C=O) groups excluding carboxylic acids is 1. The van der Waals surface area contributed by atoms with Gasteiger partial charge in [-0.05, 0) is 35.9 Å². The zero-order valence-corrected chi connectivity index (χ0v) is 11.2. The van der Waals surface area contributed by atoms with Crippen molar-refractivity contribution >= 4 is 17.3 Å². The molecule has 5 nitrogen and oxygen atoms in total. The van der Waals surface area contributed by atoms with Crippen LogP contribution >= 0.6 is 0 Å². The topological polar surface area (TPSA) is 92.6 Å². The van der Waals surface area contributed by atoms with Gasteiger partial charge in [0.05, 0.1) is 0 Å². The molecule has 5 N–H and O–H groups in total. The number of nitrogens with zero attached hydrogens (tertiary/aromatic N) is 1. The third kappa shape index (κ3) is 3.20. The first-order valence-electron chi connectivity index (χ1n) is 6.15. The highest BCUT2D eigenvalue weighted by Gasteiger charge is 2.13. The Bertz CT molecular complexity index is 621. The maximum atomic E-state index is 12.3. The van der Waals surface area contributed by atoms with Gasteiger partial charge >= 0.3 is 0 Å².